The van der Waals surface area contributed by atoms with Gasteiger partial charge in [0.1, 0.15) is 28.8 Å². The number of rotatable bonds is 2. The van der Waals surface area contributed by atoms with E-state index in [2.05, 4.69) is 10.1 Å². The molecule has 1 aromatic carbocycles. The Balaban J connectivity index is 2.45. The summed E-state index contributed by atoms with van der Waals surface area (Å²) in [5.74, 6) is 0.122. The first-order valence-corrected chi connectivity index (χ1v) is 6.77. The van der Waals surface area contributed by atoms with Crippen molar-refractivity contribution in [2.45, 2.75) is 12.8 Å². The molecular weight excluding hydrogens is 293 g/mol. The molecule has 0 unspecified atom stereocenters. The number of aromatic nitrogens is 4. The maximum Gasteiger partial charge on any atom is 0.163 e. The van der Waals surface area contributed by atoms with E-state index in [1.165, 1.54) is 6.07 Å². The summed E-state index contributed by atoms with van der Waals surface area (Å²) in [7, 11) is 1.77. The molecule has 21 heavy (non-hydrogen) atoms. The zero-order chi connectivity index (χ0) is 15.1. The third-order valence-electron chi connectivity index (χ3n) is 3.34. The summed E-state index contributed by atoms with van der Waals surface area (Å²) in [4.78, 5) is 4.45. The number of alkyl halides is 1. The van der Waals surface area contributed by atoms with Crippen molar-refractivity contribution < 1.29 is 4.39 Å². The highest BCUT2D eigenvalue weighted by molar-refractivity contribution is 6.17. The number of hydrogen-bond acceptors (Lipinski definition) is 3. The quantitative estimate of drug-likeness (QED) is 0.684. The molecule has 0 saturated heterocycles. The number of benzene rings is 1. The highest BCUT2D eigenvalue weighted by Crippen LogP contribution is 2.27. The van der Waals surface area contributed by atoms with Crippen molar-refractivity contribution in [3.8, 4) is 11.8 Å². The van der Waals surface area contributed by atoms with E-state index < -0.39 is 5.82 Å². The molecule has 5 nitrogen and oxygen atoms in total. The standard InChI is InChI=1S/C14H11ClFN5/c1-8-13-14(20(2)19-8)21(12(6-15)18-13)11-5-3-4-10(16)9(11)7-17/h3-5H,6H2,1-2H3. The van der Waals surface area contributed by atoms with Gasteiger partial charge in [-0.1, -0.05) is 6.07 Å². The number of fused-ring (bicyclic) bond motifs is 1. The van der Waals surface area contributed by atoms with Crippen LogP contribution in [0, 0.1) is 24.1 Å². The lowest BCUT2D eigenvalue weighted by Crippen LogP contribution is -2.07. The van der Waals surface area contributed by atoms with Crippen LogP contribution in [0.25, 0.3) is 16.9 Å². The fraction of sp³-hybridized carbons (Fsp3) is 0.214. The zero-order valence-electron chi connectivity index (χ0n) is 11.4. The lowest BCUT2D eigenvalue weighted by atomic mass is 10.2. The first kappa shape index (κ1) is 13.6. The van der Waals surface area contributed by atoms with E-state index in [0.717, 1.165) is 5.69 Å². The lowest BCUT2D eigenvalue weighted by Gasteiger charge is -2.10. The fourth-order valence-electron chi connectivity index (χ4n) is 2.47. The van der Waals surface area contributed by atoms with Gasteiger partial charge in [-0.3, -0.25) is 4.57 Å². The minimum Gasteiger partial charge on any atom is -0.278 e. The normalized spacial score (nSPS) is 11.0. The number of nitrogens with zero attached hydrogens (tertiary/aromatic N) is 5. The minimum atomic E-state index is -0.573. The molecule has 0 spiro atoms. The number of imidazole rings is 1. The van der Waals surface area contributed by atoms with Crippen LogP contribution in [-0.4, -0.2) is 19.3 Å². The van der Waals surface area contributed by atoms with Gasteiger partial charge in [-0.15, -0.1) is 11.6 Å². The van der Waals surface area contributed by atoms with E-state index >= 15 is 0 Å². The van der Waals surface area contributed by atoms with Gasteiger partial charge in [0.2, 0.25) is 0 Å². The number of halogens is 2. The maximum absolute atomic E-state index is 13.9. The van der Waals surface area contributed by atoms with Gasteiger partial charge < -0.3 is 0 Å². The topological polar surface area (TPSA) is 59.4 Å². The maximum atomic E-state index is 13.9. The minimum absolute atomic E-state index is 0.0398. The van der Waals surface area contributed by atoms with Gasteiger partial charge in [0.05, 0.1) is 17.3 Å². The number of nitriles is 1. The average molecular weight is 304 g/mol. The van der Waals surface area contributed by atoms with Gasteiger partial charge in [0, 0.05) is 7.05 Å². The summed E-state index contributed by atoms with van der Waals surface area (Å²) in [6, 6.07) is 6.37. The van der Waals surface area contributed by atoms with Crippen LogP contribution in [0.4, 0.5) is 4.39 Å². The second-order valence-corrected chi connectivity index (χ2v) is 4.89. The Hall–Kier alpha value is -2.39. The molecule has 0 bridgehead atoms. The number of aryl methyl sites for hydroxylation is 2. The monoisotopic (exact) mass is 303 g/mol. The summed E-state index contributed by atoms with van der Waals surface area (Å²) in [6.07, 6.45) is 0. The van der Waals surface area contributed by atoms with Crippen molar-refractivity contribution in [1.29, 1.82) is 5.26 Å². The molecule has 0 aliphatic heterocycles. The van der Waals surface area contributed by atoms with Crippen molar-refractivity contribution in [3.63, 3.8) is 0 Å². The molecular formula is C14H11ClFN5. The van der Waals surface area contributed by atoms with Gasteiger partial charge in [0.25, 0.3) is 0 Å². The molecule has 0 amide bonds. The van der Waals surface area contributed by atoms with Crippen LogP contribution in [0.3, 0.4) is 0 Å². The first-order valence-electron chi connectivity index (χ1n) is 6.24. The Bertz CT molecular complexity index is 887. The van der Waals surface area contributed by atoms with Crippen molar-refractivity contribution in [1.82, 2.24) is 19.3 Å². The lowest BCUT2D eigenvalue weighted by molar-refractivity contribution is 0.622. The Kier molecular flexibility index (Phi) is 3.15. The molecule has 3 aromatic rings. The summed E-state index contributed by atoms with van der Waals surface area (Å²) < 4.78 is 17.2. The summed E-state index contributed by atoms with van der Waals surface area (Å²) in [5, 5.41) is 13.5. The molecule has 3 rings (SSSR count). The molecule has 0 aliphatic carbocycles. The van der Waals surface area contributed by atoms with Gasteiger partial charge in [0.15, 0.2) is 5.65 Å². The SMILES string of the molecule is Cc1nn(C)c2c1nc(CCl)n2-c1cccc(F)c1C#N. The van der Waals surface area contributed by atoms with Gasteiger partial charge >= 0.3 is 0 Å². The third-order valence-corrected chi connectivity index (χ3v) is 3.57. The predicted molar refractivity (Wildman–Crippen MR) is 76.8 cm³/mol. The van der Waals surface area contributed by atoms with E-state index in [4.69, 9.17) is 11.6 Å². The Morgan fingerprint density at radius 1 is 1.43 bits per heavy atom. The van der Waals surface area contributed by atoms with Crippen LogP contribution in [0.5, 0.6) is 0 Å². The van der Waals surface area contributed by atoms with Crippen molar-refractivity contribution in [3.05, 3.63) is 41.1 Å². The highest BCUT2D eigenvalue weighted by Gasteiger charge is 2.21. The fourth-order valence-corrected chi connectivity index (χ4v) is 2.65. The molecule has 0 aliphatic rings. The molecule has 0 N–H and O–H groups in total. The predicted octanol–water partition coefficient (Wildman–Crippen LogP) is 2.82. The molecule has 0 saturated carbocycles. The second-order valence-electron chi connectivity index (χ2n) is 4.62. The highest BCUT2D eigenvalue weighted by atomic mass is 35.5. The zero-order valence-corrected chi connectivity index (χ0v) is 12.2. The molecule has 0 fully saturated rings. The van der Waals surface area contributed by atoms with Crippen molar-refractivity contribution in [2.24, 2.45) is 7.05 Å². The van der Waals surface area contributed by atoms with Gasteiger partial charge in [-0.2, -0.15) is 10.4 Å². The van der Waals surface area contributed by atoms with Crippen LogP contribution in [0.2, 0.25) is 0 Å². The van der Waals surface area contributed by atoms with E-state index in [1.807, 2.05) is 13.0 Å². The van der Waals surface area contributed by atoms with Crippen LogP contribution >= 0.6 is 11.6 Å². The van der Waals surface area contributed by atoms with E-state index in [-0.39, 0.29) is 11.4 Å². The first-order chi connectivity index (χ1) is 10.1. The van der Waals surface area contributed by atoms with Crippen molar-refractivity contribution >= 4 is 22.8 Å². The Morgan fingerprint density at radius 2 is 2.19 bits per heavy atom. The van der Waals surface area contributed by atoms with Gasteiger partial charge in [-0.05, 0) is 19.1 Å². The third kappa shape index (κ3) is 1.89. The summed E-state index contributed by atoms with van der Waals surface area (Å²) in [5.41, 5.74) is 2.51. The molecule has 2 heterocycles. The number of hydrogen-bond donors (Lipinski definition) is 0. The molecule has 0 atom stereocenters. The van der Waals surface area contributed by atoms with Crippen LogP contribution in [-0.2, 0) is 12.9 Å². The summed E-state index contributed by atoms with van der Waals surface area (Å²) in [6.45, 7) is 1.84. The van der Waals surface area contributed by atoms with E-state index in [0.29, 0.717) is 22.7 Å². The Labute approximate surface area is 125 Å². The smallest absolute Gasteiger partial charge is 0.163 e. The molecule has 7 heteroatoms. The average Bonchev–Trinajstić information content (AvgIpc) is 2.97. The molecule has 2 aromatic heterocycles. The van der Waals surface area contributed by atoms with Crippen molar-refractivity contribution in [2.75, 3.05) is 0 Å². The Morgan fingerprint density at radius 3 is 2.86 bits per heavy atom. The van der Waals surface area contributed by atoms with E-state index in [1.54, 1.807) is 28.4 Å². The van der Waals surface area contributed by atoms with Gasteiger partial charge in [-0.25, -0.2) is 14.1 Å². The summed E-state index contributed by atoms with van der Waals surface area (Å²) >= 11 is 5.96. The van der Waals surface area contributed by atoms with E-state index in [9.17, 15) is 9.65 Å². The van der Waals surface area contributed by atoms with Crippen LogP contribution in [0.15, 0.2) is 18.2 Å². The second kappa shape index (κ2) is 4.86. The largest absolute Gasteiger partial charge is 0.278 e. The van der Waals surface area contributed by atoms with Crippen LogP contribution in [0.1, 0.15) is 17.1 Å². The molecule has 0 radical (unpaired) electrons. The van der Waals surface area contributed by atoms with Crippen LogP contribution < -0.4 is 0 Å². The molecule has 106 valence electrons.